The van der Waals surface area contributed by atoms with Crippen molar-refractivity contribution in [1.82, 2.24) is 4.31 Å². The summed E-state index contributed by atoms with van der Waals surface area (Å²) in [5.74, 6) is 0. The van der Waals surface area contributed by atoms with Crippen molar-refractivity contribution in [3.8, 4) is 0 Å². The highest BCUT2D eigenvalue weighted by Gasteiger charge is 2.27. The van der Waals surface area contributed by atoms with Gasteiger partial charge in [-0.25, -0.2) is 8.42 Å². The Kier molecular flexibility index (Phi) is 3.59. The van der Waals surface area contributed by atoms with E-state index < -0.39 is 10.0 Å². The van der Waals surface area contributed by atoms with Gasteiger partial charge in [-0.1, -0.05) is 24.6 Å². The molecule has 1 saturated heterocycles. The normalized spacial score (nSPS) is 17.9. The first-order valence-corrected chi connectivity index (χ1v) is 7.14. The third kappa shape index (κ3) is 2.40. The number of hydrogen-bond donors (Lipinski definition) is 0. The highest BCUT2D eigenvalue weighted by Crippen LogP contribution is 2.22. The smallest absolute Gasteiger partial charge is 0.243 e. The van der Waals surface area contributed by atoms with Crippen LogP contribution < -0.4 is 0 Å². The molecule has 1 aromatic carbocycles. The fraction of sp³-hybridized carbons (Fsp3) is 0.417. The fourth-order valence-electron chi connectivity index (χ4n) is 2.06. The molecular formula is C12H15NO3S. The molecule has 17 heavy (non-hydrogen) atoms. The van der Waals surface area contributed by atoms with Gasteiger partial charge in [0.15, 0.2) is 6.29 Å². The van der Waals surface area contributed by atoms with Crippen LogP contribution in [0.15, 0.2) is 29.2 Å². The van der Waals surface area contributed by atoms with Crippen LogP contribution in [-0.2, 0) is 10.0 Å². The van der Waals surface area contributed by atoms with Crippen LogP contribution in [0.4, 0.5) is 0 Å². The molecule has 4 nitrogen and oxygen atoms in total. The Bertz CT molecular complexity index is 504. The molecule has 0 amide bonds. The van der Waals surface area contributed by atoms with E-state index in [4.69, 9.17) is 0 Å². The van der Waals surface area contributed by atoms with Gasteiger partial charge in [-0.2, -0.15) is 4.31 Å². The van der Waals surface area contributed by atoms with Gasteiger partial charge in [0.25, 0.3) is 0 Å². The minimum Gasteiger partial charge on any atom is -0.298 e. The average Bonchev–Trinajstić information content (AvgIpc) is 2.39. The van der Waals surface area contributed by atoms with Gasteiger partial charge in [-0.15, -0.1) is 0 Å². The predicted molar refractivity (Wildman–Crippen MR) is 64.4 cm³/mol. The zero-order chi connectivity index (χ0) is 12.3. The molecule has 0 saturated carbocycles. The van der Waals surface area contributed by atoms with Gasteiger partial charge in [0.1, 0.15) is 0 Å². The van der Waals surface area contributed by atoms with Crippen molar-refractivity contribution in [2.24, 2.45) is 0 Å². The summed E-state index contributed by atoms with van der Waals surface area (Å²) in [5, 5.41) is 0. The first-order valence-electron chi connectivity index (χ1n) is 5.70. The molecule has 5 heteroatoms. The molecule has 0 spiro atoms. The van der Waals surface area contributed by atoms with Crippen LogP contribution in [-0.4, -0.2) is 32.1 Å². The van der Waals surface area contributed by atoms with E-state index in [1.807, 2.05) is 0 Å². The van der Waals surface area contributed by atoms with E-state index in [9.17, 15) is 13.2 Å². The van der Waals surface area contributed by atoms with E-state index in [1.54, 1.807) is 12.1 Å². The van der Waals surface area contributed by atoms with Crippen molar-refractivity contribution < 1.29 is 13.2 Å². The molecule has 0 aromatic heterocycles. The molecular weight excluding hydrogens is 238 g/mol. The summed E-state index contributed by atoms with van der Waals surface area (Å²) in [4.78, 5) is 11.0. The number of benzene rings is 1. The average molecular weight is 253 g/mol. The van der Waals surface area contributed by atoms with E-state index in [-0.39, 0.29) is 10.5 Å². The summed E-state index contributed by atoms with van der Waals surface area (Å²) < 4.78 is 26.1. The second-order valence-corrected chi connectivity index (χ2v) is 6.03. The molecule has 0 atom stereocenters. The standard InChI is InChI=1S/C12H15NO3S/c14-10-11-6-2-3-7-12(11)17(15,16)13-8-4-1-5-9-13/h2-3,6-7,10H,1,4-5,8-9H2. The summed E-state index contributed by atoms with van der Waals surface area (Å²) in [5.41, 5.74) is 0.234. The Morgan fingerprint density at radius 3 is 2.35 bits per heavy atom. The van der Waals surface area contributed by atoms with Gasteiger partial charge in [-0.3, -0.25) is 4.79 Å². The molecule has 1 aliphatic rings. The van der Waals surface area contributed by atoms with Crippen molar-refractivity contribution in [1.29, 1.82) is 0 Å². The summed E-state index contributed by atoms with van der Waals surface area (Å²) in [6.07, 6.45) is 3.45. The van der Waals surface area contributed by atoms with Gasteiger partial charge < -0.3 is 0 Å². The summed E-state index contributed by atoms with van der Waals surface area (Å²) >= 11 is 0. The number of nitrogens with zero attached hydrogens (tertiary/aromatic N) is 1. The lowest BCUT2D eigenvalue weighted by molar-refractivity contribution is 0.112. The van der Waals surface area contributed by atoms with Crippen LogP contribution in [0.3, 0.4) is 0 Å². The van der Waals surface area contributed by atoms with E-state index in [1.165, 1.54) is 16.4 Å². The van der Waals surface area contributed by atoms with Crippen molar-refractivity contribution in [2.75, 3.05) is 13.1 Å². The van der Waals surface area contributed by atoms with E-state index in [0.29, 0.717) is 19.4 Å². The summed E-state index contributed by atoms with van der Waals surface area (Å²) in [6.45, 7) is 1.10. The van der Waals surface area contributed by atoms with Crippen LogP contribution in [0.1, 0.15) is 29.6 Å². The topological polar surface area (TPSA) is 54.5 Å². The molecule has 1 fully saturated rings. The molecule has 0 N–H and O–H groups in total. The largest absolute Gasteiger partial charge is 0.298 e. The van der Waals surface area contributed by atoms with Gasteiger partial charge in [0.05, 0.1) is 4.90 Å². The van der Waals surface area contributed by atoms with Gasteiger partial charge in [0.2, 0.25) is 10.0 Å². The molecule has 0 aliphatic carbocycles. The molecule has 0 unspecified atom stereocenters. The van der Waals surface area contributed by atoms with E-state index in [2.05, 4.69) is 0 Å². The number of hydrogen-bond acceptors (Lipinski definition) is 3. The minimum absolute atomic E-state index is 0.122. The number of aldehydes is 1. The molecule has 2 rings (SSSR count). The monoisotopic (exact) mass is 253 g/mol. The van der Waals surface area contributed by atoms with Crippen LogP contribution in [0.2, 0.25) is 0 Å². The third-order valence-electron chi connectivity index (χ3n) is 2.98. The number of carbonyl (C=O) groups is 1. The molecule has 1 aromatic rings. The van der Waals surface area contributed by atoms with Crippen molar-refractivity contribution in [2.45, 2.75) is 24.2 Å². The van der Waals surface area contributed by atoms with Crippen molar-refractivity contribution in [3.63, 3.8) is 0 Å². The lowest BCUT2D eigenvalue weighted by Crippen LogP contribution is -2.36. The number of piperidine rings is 1. The fourth-order valence-corrected chi connectivity index (χ4v) is 3.74. The van der Waals surface area contributed by atoms with Crippen molar-refractivity contribution >= 4 is 16.3 Å². The Hall–Kier alpha value is -1.20. The number of rotatable bonds is 3. The van der Waals surface area contributed by atoms with Crippen molar-refractivity contribution in [3.05, 3.63) is 29.8 Å². The van der Waals surface area contributed by atoms with E-state index in [0.717, 1.165) is 19.3 Å². The molecule has 92 valence electrons. The lowest BCUT2D eigenvalue weighted by Gasteiger charge is -2.26. The van der Waals surface area contributed by atoms with Gasteiger partial charge in [-0.05, 0) is 18.9 Å². The maximum atomic E-state index is 12.3. The maximum Gasteiger partial charge on any atom is 0.243 e. The van der Waals surface area contributed by atoms with Crippen LogP contribution in [0.5, 0.6) is 0 Å². The molecule has 1 aliphatic heterocycles. The third-order valence-corrected chi connectivity index (χ3v) is 4.95. The quantitative estimate of drug-likeness (QED) is 0.770. The Labute approximate surface area is 101 Å². The second-order valence-electron chi connectivity index (χ2n) is 4.12. The SMILES string of the molecule is O=Cc1ccccc1S(=O)(=O)N1CCCCC1. The summed E-state index contributed by atoms with van der Waals surface area (Å²) in [7, 11) is -3.50. The lowest BCUT2D eigenvalue weighted by atomic mass is 10.2. The predicted octanol–water partition coefficient (Wildman–Crippen LogP) is 1.67. The highest BCUT2D eigenvalue weighted by molar-refractivity contribution is 7.89. The number of carbonyl (C=O) groups excluding carboxylic acids is 1. The van der Waals surface area contributed by atoms with Crippen LogP contribution >= 0.6 is 0 Å². The van der Waals surface area contributed by atoms with E-state index >= 15 is 0 Å². The van der Waals surface area contributed by atoms with Crippen LogP contribution in [0.25, 0.3) is 0 Å². The Morgan fingerprint density at radius 1 is 1.06 bits per heavy atom. The Balaban J connectivity index is 2.40. The Morgan fingerprint density at radius 2 is 1.71 bits per heavy atom. The number of sulfonamides is 1. The molecule has 1 heterocycles. The summed E-state index contributed by atoms with van der Waals surface area (Å²) in [6, 6.07) is 6.33. The second kappa shape index (κ2) is 4.98. The highest BCUT2D eigenvalue weighted by atomic mass is 32.2. The van der Waals surface area contributed by atoms with Crippen LogP contribution in [0, 0.1) is 0 Å². The zero-order valence-corrected chi connectivity index (χ0v) is 10.3. The first kappa shape index (κ1) is 12.3. The first-order chi connectivity index (χ1) is 8.16. The van der Waals surface area contributed by atoms with Gasteiger partial charge >= 0.3 is 0 Å². The van der Waals surface area contributed by atoms with Gasteiger partial charge in [0, 0.05) is 18.7 Å². The minimum atomic E-state index is -3.50. The maximum absolute atomic E-state index is 12.3. The molecule has 0 radical (unpaired) electrons. The zero-order valence-electron chi connectivity index (χ0n) is 9.50. The molecule has 0 bridgehead atoms.